The van der Waals surface area contributed by atoms with Gasteiger partial charge in [-0.3, -0.25) is 0 Å². The number of anilines is 2. The molecule has 0 amide bonds. The number of nitrogens with one attached hydrogen (secondary N) is 1. The molecule has 0 unspecified atom stereocenters. The van der Waals surface area contributed by atoms with Gasteiger partial charge >= 0.3 is 0 Å². The summed E-state index contributed by atoms with van der Waals surface area (Å²) in [5.74, 6) is -10.2. The largest absolute Gasteiger partial charge is 0.325 e. The van der Waals surface area contributed by atoms with Gasteiger partial charge in [0.25, 0.3) is 0 Å². The summed E-state index contributed by atoms with van der Waals surface area (Å²) in [4.78, 5) is 0. The smallest absolute Gasteiger partial charge is 0.211 e. The maximum absolute atomic E-state index is 13.3. The van der Waals surface area contributed by atoms with Crippen molar-refractivity contribution in [2.45, 2.75) is 0 Å². The number of hydrogen-bond acceptors (Lipinski definition) is 4. The van der Waals surface area contributed by atoms with Gasteiger partial charge in [-0.2, -0.15) is 0 Å². The van der Waals surface area contributed by atoms with Crippen LogP contribution in [0.25, 0.3) is 0 Å². The molecular formula is C8HBrF5N3S. The van der Waals surface area contributed by atoms with Crippen molar-refractivity contribution in [3.8, 4) is 0 Å². The van der Waals surface area contributed by atoms with Crippen molar-refractivity contribution in [1.82, 2.24) is 10.2 Å². The molecule has 2 rings (SSSR count). The first kappa shape index (κ1) is 13.1. The Kier molecular flexibility index (Phi) is 3.48. The number of hydrogen-bond donors (Lipinski definition) is 1. The highest BCUT2D eigenvalue weighted by atomic mass is 79.9. The van der Waals surface area contributed by atoms with Crippen LogP contribution in [-0.2, 0) is 0 Å². The monoisotopic (exact) mass is 345 g/mol. The number of benzene rings is 1. The second-order valence-corrected chi connectivity index (χ2v) is 5.18. The van der Waals surface area contributed by atoms with Crippen molar-refractivity contribution >= 4 is 38.1 Å². The molecule has 0 bridgehead atoms. The normalized spacial score (nSPS) is 10.8. The van der Waals surface area contributed by atoms with E-state index in [0.29, 0.717) is 0 Å². The van der Waals surface area contributed by atoms with E-state index in [2.05, 4.69) is 26.1 Å². The fourth-order valence-electron chi connectivity index (χ4n) is 1.08. The molecule has 0 spiro atoms. The Morgan fingerprint density at radius 2 is 1.33 bits per heavy atom. The van der Waals surface area contributed by atoms with E-state index in [1.165, 1.54) is 0 Å². The molecule has 2 aromatic rings. The fraction of sp³-hybridized carbons (Fsp3) is 0. The predicted molar refractivity (Wildman–Crippen MR) is 57.1 cm³/mol. The third-order valence-electron chi connectivity index (χ3n) is 1.84. The quantitative estimate of drug-likeness (QED) is 0.512. The topological polar surface area (TPSA) is 37.8 Å². The Labute approximate surface area is 109 Å². The lowest BCUT2D eigenvalue weighted by Gasteiger charge is -2.07. The molecular weight excluding hydrogens is 345 g/mol. The van der Waals surface area contributed by atoms with E-state index in [0.717, 1.165) is 11.3 Å². The highest BCUT2D eigenvalue weighted by Crippen LogP contribution is 2.31. The van der Waals surface area contributed by atoms with Gasteiger partial charge in [0, 0.05) is 0 Å². The van der Waals surface area contributed by atoms with Gasteiger partial charge in [0.2, 0.25) is 10.9 Å². The zero-order valence-electron chi connectivity index (χ0n) is 8.07. The molecule has 0 radical (unpaired) electrons. The van der Waals surface area contributed by atoms with Gasteiger partial charge in [-0.1, -0.05) is 11.3 Å². The summed E-state index contributed by atoms with van der Waals surface area (Å²) < 4.78 is 65.3. The molecule has 10 heteroatoms. The lowest BCUT2D eigenvalue weighted by molar-refractivity contribution is 0.382. The molecule has 1 heterocycles. The minimum atomic E-state index is -2.21. The van der Waals surface area contributed by atoms with E-state index in [-0.39, 0.29) is 9.05 Å². The molecule has 0 atom stereocenters. The van der Waals surface area contributed by atoms with Gasteiger partial charge in [-0.25, -0.2) is 22.0 Å². The van der Waals surface area contributed by atoms with Crippen LogP contribution < -0.4 is 5.32 Å². The van der Waals surface area contributed by atoms with Gasteiger partial charge in [0.15, 0.2) is 27.2 Å². The van der Waals surface area contributed by atoms with Crippen molar-refractivity contribution in [3.63, 3.8) is 0 Å². The van der Waals surface area contributed by atoms with E-state index >= 15 is 0 Å². The van der Waals surface area contributed by atoms with Crippen LogP contribution in [0.5, 0.6) is 0 Å². The summed E-state index contributed by atoms with van der Waals surface area (Å²) in [6.45, 7) is 0. The predicted octanol–water partition coefficient (Wildman–Crippen LogP) is 3.74. The molecule has 0 saturated heterocycles. The average molecular weight is 346 g/mol. The maximum Gasteiger partial charge on any atom is 0.211 e. The van der Waals surface area contributed by atoms with E-state index < -0.39 is 34.8 Å². The lowest BCUT2D eigenvalue weighted by Crippen LogP contribution is -2.06. The van der Waals surface area contributed by atoms with Crippen LogP contribution in [0.15, 0.2) is 3.92 Å². The van der Waals surface area contributed by atoms with Gasteiger partial charge in [0.1, 0.15) is 5.69 Å². The Hall–Kier alpha value is -1.29. The molecule has 0 saturated carbocycles. The van der Waals surface area contributed by atoms with Crippen LogP contribution in [0.1, 0.15) is 0 Å². The average Bonchev–Trinajstić information content (AvgIpc) is 2.75. The molecule has 18 heavy (non-hydrogen) atoms. The van der Waals surface area contributed by atoms with E-state index in [1.54, 1.807) is 0 Å². The number of halogens is 6. The molecule has 0 fully saturated rings. The van der Waals surface area contributed by atoms with Gasteiger partial charge in [-0.15, -0.1) is 10.2 Å². The zero-order chi connectivity index (χ0) is 13.4. The molecule has 1 aromatic heterocycles. The summed E-state index contributed by atoms with van der Waals surface area (Å²) in [6, 6.07) is 0. The van der Waals surface area contributed by atoms with Gasteiger partial charge in [0.05, 0.1) is 0 Å². The minimum Gasteiger partial charge on any atom is -0.325 e. The molecule has 96 valence electrons. The summed E-state index contributed by atoms with van der Waals surface area (Å²) in [5, 5.41) is 8.73. The molecule has 3 nitrogen and oxygen atoms in total. The van der Waals surface area contributed by atoms with Crippen molar-refractivity contribution in [2.75, 3.05) is 5.32 Å². The third-order valence-corrected chi connectivity index (χ3v) is 3.11. The molecule has 1 aromatic carbocycles. The second-order valence-electron chi connectivity index (χ2n) is 2.93. The number of nitrogens with zero attached hydrogens (tertiary/aromatic N) is 2. The second kappa shape index (κ2) is 4.76. The number of rotatable bonds is 2. The van der Waals surface area contributed by atoms with Crippen LogP contribution >= 0.6 is 27.3 Å². The Bertz CT molecular complexity index is 588. The summed E-state index contributed by atoms with van der Waals surface area (Å²) in [7, 11) is 0. The van der Waals surface area contributed by atoms with E-state index in [9.17, 15) is 22.0 Å². The van der Waals surface area contributed by atoms with Crippen LogP contribution in [0.4, 0.5) is 32.8 Å². The van der Waals surface area contributed by atoms with Gasteiger partial charge in [-0.05, 0) is 15.9 Å². The summed E-state index contributed by atoms with van der Waals surface area (Å²) >= 11 is 3.76. The van der Waals surface area contributed by atoms with E-state index in [1.807, 2.05) is 5.32 Å². The Balaban J connectivity index is 2.51. The summed E-state index contributed by atoms with van der Waals surface area (Å²) in [5.41, 5.74) is -1.17. The molecule has 0 aliphatic carbocycles. The van der Waals surface area contributed by atoms with Crippen LogP contribution in [0.2, 0.25) is 0 Å². The highest BCUT2D eigenvalue weighted by molar-refractivity contribution is 9.11. The third kappa shape index (κ3) is 2.17. The van der Waals surface area contributed by atoms with Crippen LogP contribution in [0, 0.1) is 29.1 Å². The first-order valence-corrected chi connectivity index (χ1v) is 5.80. The standard InChI is InChI=1S/C8HBrF5N3S/c9-7-16-17-8(18-7)15-6-4(13)2(11)1(10)3(12)5(6)14/h(H,15,17). The number of aromatic nitrogens is 2. The van der Waals surface area contributed by atoms with E-state index in [4.69, 9.17) is 0 Å². The Morgan fingerprint density at radius 3 is 1.78 bits per heavy atom. The highest BCUT2D eigenvalue weighted by Gasteiger charge is 2.26. The summed E-state index contributed by atoms with van der Waals surface area (Å²) in [6.07, 6.45) is 0. The van der Waals surface area contributed by atoms with Gasteiger partial charge < -0.3 is 5.32 Å². The Morgan fingerprint density at radius 1 is 0.833 bits per heavy atom. The van der Waals surface area contributed by atoms with Crippen LogP contribution in [0.3, 0.4) is 0 Å². The fourth-order valence-corrected chi connectivity index (χ4v) is 2.09. The molecule has 0 aliphatic rings. The first-order valence-electron chi connectivity index (χ1n) is 4.19. The molecule has 0 aliphatic heterocycles. The first-order chi connectivity index (χ1) is 8.41. The molecule has 1 N–H and O–H groups in total. The van der Waals surface area contributed by atoms with Crippen molar-refractivity contribution < 1.29 is 22.0 Å². The van der Waals surface area contributed by atoms with Crippen molar-refractivity contribution in [2.24, 2.45) is 0 Å². The zero-order valence-corrected chi connectivity index (χ0v) is 10.5. The van der Waals surface area contributed by atoms with Crippen molar-refractivity contribution in [1.29, 1.82) is 0 Å². The SMILES string of the molecule is Fc1c(F)c(F)c(Nc2nnc(Br)s2)c(F)c1F. The maximum atomic E-state index is 13.3. The van der Waals surface area contributed by atoms with Crippen LogP contribution in [-0.4, -0.2) is 10.2 Å². The van der Waals surface area contributed by atoms with Crippen molar-refractivity contribution in [3.05, 3.63) is 33.0 Å². The lowest BCUT2D eigenvalue weighted by atomic mass is 10.2. The minimum absolute atomic E-state index is 0.120.